The van der Waals surface area contributed by atoms with Crippen LogP contribution in [-0.4, -0.2) is 19.6 Å². The zero-order valence-corrected chi connectivity index (χ0v) is 10.5. The van der Waals surface area contributed by atoms with E-state index in [4.69, 9.17) is 0 Å². The van der Waals surface area contributed by atoms with Crippen LogP contribution in [0.4, 0.5) is 11.4 Å². The number of nitrogens with zero attached hydrogens (tertiary/aromatic N) is 1. The highest BCUT2D eigenvalue weighted by atomic mass is 15.2. The van der Waals surface area contributed by atoms with E-state index in [2.05, 4.69) is 48.3 Å². The predicted molar refractivity (Wildman–Crippen MR) is 71.2 cm³/mol. The van der Waals surface area contributed by atoms with Gasteiger partial charge in [0.15, 0.2) is 0 Å². The van der Waals surface area contributed by atoms with Gasteiger partial charge in [0, 0.05) is 31.0 Å². The maximum absolute atomic E-state index is 3.16. The van der Waals surface area contributed by atoms with E-state index in [-0.39, 0.29) is 0 Å². The molecule has 2 heteroatoms. The topological polar surface area (TPSA) is 15.3 Å². The molecule has 16 heavy (non-hydrogen) atoms. The molecule has 0 aliphatic carbocycles. The van der Waals surface area contributed by atoms with Gasteiger partial charge < -0.3 is 10.2 Å². The lowest BCUT2D eigenvalue weighted by molar-refractivity contribution is 0.492. The van der Waals surface area contributed by atoms with Crippen LogP contribution in [0.2, 0.25) is 0 Å². The Kier molecular flexibility index (Phi) is 3.37. The summed E-state index contributed by atoms with van der Waals surface area (Å²) in [6.07, 6.45) is 2.67. The third-order valence-corrected chi connectivity index (χ3v) is 3.56. The Morgan fingerprint density at radius 1 is 1.25 bits per heavy atom. The molecular formula is C14H22N2. The molecule has 0 radical (unpaired) electrons. The average Bonchev–Trinajstić information content (AvgIpc) is 2.78. The third-order valence-electron chi connectivity index (χ3n) is 3.56. The first-order valence-electron chi connectivity index (χ1n) is 6.27. The highest BCUT2D eigenvalue weighted by Gasteiger charge is 2.26. The van der Waals surface area contributed by atoms with E-state index in [1.54, 1.807) is 0 Å². The number of hydrogen-bond donors (Lipinski definition) is 1. The first kappa shape index (κ1) is 11.3. The molecule has 2 rings (SSSR count). The molecule has 88 valence electrons. The van der Waals surface area contributed by atoms with Crippen molar-refractivity contribution in [1.29, 1.82) is 0 Å². The molecule has 1 heterocycles. The van der Waals surface area contributed by atoms with Crippen molar-refractivity contribution in [3.63, 3.8) is 0 Å². The summed E-state index contributed by atoms with van der Waals surface area (Å²) in [7, 11) is 1.96. The van der Waals surface area contributed by atoms with Gasteiger partial charge in [0.05, 0.1) is 0 Å². The van der Waals surface area contributed by atoms with Gasteiger partial charge in [0.25, 0.3) is 0 Å². The molecule has 1 N–H and O–H groups in total. The van der Waals surface area contributed by atoms with Crippen LogP contribution in [0, 0.1) is 5.92 Å². The van der Waals surface area contributed by atoms with Crippen LogP contribution in [0.25, 0.3) is 0 Å². The lowest BCUT2D eigenvalue weighted by Crippen LogP contribution is -2.33. The third kappa shape index (κ3) is 2.16. The Bertz CT molecular complexity index is 329. The van der Waals surface area contributed by atoms with Crippen LogP contribution >= 0.6 is 0 Å². The van der Waals surface area contributed by atoms with Crippen LogP contribution in [0.15, 0.2) is 24.3 Å². The molecule has 1 aliphatic heterocycles. The molecule has 1 saturated heterocycles. The van der Waals surface area contributed by atoms with Gasteiger partial charge in [-0.3, -0.25) is 0 Å². The fourth-order valence-electron chi connectivity index (χ4n) is 2.63. The highest BCUT2D eigenvalue weighted by Crippen LogP contribution is 2.30. The first-order chi connectivity index (χ1) is 7.72. The summed E-state index contributed by atoms with van der Waals surface area (Å²) < 4.78 is 0. The van der Waals surface area contributed by atoms with Crippen LogP contribution in [0.1, 0.15) is 26.7 Å². The van der Waals surface area contributed by atoms with Gasteiger partial charge in [0.1, 0.15) is 0 Å². The minimum atomic E-state index is 0.723. The Balaban J connectivity index is 2.16. The van der Waals surface area contributed by atoms with E-state index in [0.29, 0.717) is 0 Å². The van der Waals surface area contributed by atoms with Gasteiger partial charge in [-0.15, -0.1) is 0 Å². The first-order valence-corrected chi connectivity index (χ1v) is 6.27. The zero-order valence-electron chi connectivity index (χ0n) is 10.5. The summed E-state index contributed by atoms with van der Waals surface area (Å²) in [5.41, 5.74) is 2.55. The quantitative estimate of drug-likeness (QED) is 0.837. The van der Waals surface area contributed by atoms with Crippen LogP contribution in [0.3, 0.4) is 0 Å². The summed E-state index contributed by atoms with van der Waals surface area (Å²) >= 11 is 0. The van der Waals surface area contributed by atoms with Gasteiger partial charge in [-0.05, 0) is 43.0 Å². The Morgan fingerprint density at radius 2 is 1.94 bits per heavy atom. The number of rotatable bonds is 3. The maximum Gasteiger partial charge on any atom is 0.0370 e. The van der Waals surface area contributed by atoms with Crippen molar-refractivity contribution < 1.29 is 0 Å². The van der Waals surface area contributed by atoms with Crippen molar-refractivity contribution in [3.8, 4) is 0 Å². The van der Waals surface area contributed by atoms with Gasteiger partial charge in [-0.1, -0.05) is 13.8 Å². The van der Waals surface area contributed by atoms with Gasteiger partial charge in [-0.2, -0.15) is 0 Å². The van der Waals surface area contributed by atoms with Crippen molar-refractivity contribution >= 4 is 11.4 Å². The Labute approximate surface area is 98.7 Å². The monoisotopic (exact) mass is 218 g/mol. The molecule has 1 aromatic rings. The van der Waals surface area contributed by atoms with Gasteiger partial charge in [-0.25, -0.2) is 0 Å². The molecular weight excluding hydrogens is 196 g/mol. The fraction of sp³-hybridized carbons (Fsp3) is 0.571. The van der Waals surface area contributed by atoms with E-state index < -0.39 is 0 Å². The molecule has 0 saturated carbocycles. The number of nitrogens with one attached hydrogen (secondary N) is 1. The van der Waals surface area contributed by atoms with Gasteiger partial charge in [0.2, 0.25) is 0 Å². The molecule has 1 fully saturated rings. The standard InChI is InChI=1S/C14H22N2/c1-11(2)14-5-4-10-16(14)13-8-6-12(15-3)7-9-13/h6-9,11,14-15H,4-5,10H2,1-3H3. The maximum atomic E-state index is 3.16. The van der Waals surface area contributed by atoms with Crippen LogP contribution in [-0.2, 0) is 0 Å². The summed E-state index contributed by atoms with van der Waals surface area (Å²) in [4.78, 5) is 2.56. The molecule has 1 aromatic carbocycles. The smallest absolute Gasteiger partial charge is 0.0370 e. The summed E-state index contributed by atoms with van der Waals surface area (Å²) in [5, 5.41) is 3.16. The van der Waals surface area contributed by atoms with Crippen molar-refractivity contribution in [1.82, 2.24) is 0 Å². The lowest BCUT2D eigenvalue weighted by atomic mass is 10.0. The van der Waals surface area contributed by atoms with E-state index in [9.17, 15) is 0 Å². The average molecular weight is 218 g/mol. The van der Waals surface area contributed by atoms with E-state index in [1.165, 1.54) is 30.8 Å². The molecule has 0 aromatic heterocycles. The molecule has 0 amide bonds. The van der Waals surface area contributed by atoms with Crippen LogP contribution in [0.5, 0.6) is 0 Å². The van der Waals surface area contributed by atoms with Crippen molar-refractivity contribution in [2.75, 3.05) is 23.8 Å². The molecule has 0 bridgehead atoms. The number of benzene rings is 1. The molecule has 1 unspecified atom stereocenters. The second-order valence-corrected chi connectivity index (χ2v) is 4.94. The van der Waals surface area contributed by atoms with Gasteiger partial charge >= 0.3 is 0 Å². The van der Waals surface area contributed by atoms with Crippen molar-refractivity contribution in [2.45, 2.75) is 32.7 Å². The highest BCUT2D eigenvalue weighted by molar-refractivity contribution is 5.55. The Hall–Kier alpha value is -1.18. The van der Waals surface area contributed by atoms with Crippen molar-refractivity contribution in [2.24, 2.45) is 5.92 Å². The summed E-state index contributed by atoms with van der Waals surface area (Å²) in [6, 6.07) is 9.50. The molecule has 1 atom stereocenters. The SMILES string of the molecule is CNc1ccc(N2CCCC2C(C)C)cc1. The zero-order chi connectivity index (χ0) is 11.5. The molecule has 2 nitrogen and oxygen atoms in total. The minimum absolute atomic E-state index is 0.723. The van der Waals surface area contributed by atoms with E-state index >= 15 is 0 Å². The summed E-state index contributed by atoms with van der Waals surface area (Å²) in [6.45, 7) is 5.86. The fourth-order valence-corrected chi connectivity index (χ4v) is 2.63. The number of hydrogen-bond acceptors (Lipinski definition) is 2. The molecule has 1 aliphatic rings. The largest absolute Gasteiger partial charge is 0.388 e. The molecule has 0 spiro atoms. The normalized spacial score (nSPS) is 20.5. The second-order valence-electron chi connectivity index (χ2n) is 4.94. The summed E-state index contributed by atoms with van der Waals surface area (Å²) in [5.74, 6) is 0.742. The Morgan fingerprint density at radius 3 is 2.50 bits per heavy atom. The van der Waals surface area contributed by atoms with E-state index in [0.717, 1.165) is 12.0 Å². The lowest BCUT2D eigenvalue weighted by Gasteiger charge is -2.29. The van der Waals surface area contributed by atoms with E-state index in [1.807, 2.05) is 7.05 Å². The van der Waals surface area contributed by atoms with Crippen LogP contribution < -0.4 is 10.2 Å². The number of anilines is 2. The van der Waals surface area contributed by atoms with Crippen molar-refractivity contribution in [3.05, 3.63) is 24.3 Å². The second kappa shape index (κ2) is 4.77. The minimum Gasteiger partial charge on any atom is -0.388 e. The predicted octanol–water partition coefficient (Wildman–Crippen LogP) is 3.35.